The van der Waals surface area contributed by atoms with E-state index in [1.807, 2.05) is 0 Å². The normalized spacial score (nSPS) is 23.7. The molecule has 0 radical (unpaired) electrons. The van der Waals surface area contributed by atoms with E-state index in [0.29, 0.717) is 16.3 Å². The molecule has 3 N–H and O–H groups in total. The van der Waals surface area contributed by atoms with Crippen molar-refractivity contribution in [3.8, 4) is 0 Å². The average molecular weight is 281 g/mol. The molecule has 1 aromatic carbocycles. The molecule has 2 unspecified atom stereocenters. The Morgan fingerprint density at radius 3 is 2.89 bits per heavy atom. The molecular formula is C15H21ClN2O. The van der Waals surface area contributed by atoms with Crippen LogP contribution in [0.5, 0.6) is 0 Å². The highest BCUT2D eigenvalue weighted by Crippen LogP contribution is 2.23. The highest BCUT2D eigenvalue weighted by molar-refractivity contribution is 6.31. The van der Waals surface area contributed by atoms with Gasteiger partial charge in [0, 0.05) is 16.8 Å². The van der Waals surface area contributed by atoms with Gasteiger partial charge < -0.3 is 11.1 Å². The monoisotopic (exact) mass is 280 g/mol. The third-order valence-electron chi connectivity index (χ3n) is 3.85. The van der Waals surface area contributed by atoms with Gasteiger partial charge in [-0.15, -0.1) is 0 Å². The van der Waals surface area contributed by atoms with Gasteiger partial charge in [-0.2, -0.15) is 0 Å². The number of rotatable bonds is 2. The summed E-state index contributed by atoms with van der Waals surface area (Å²) in [7, 11) is 0. The van der Waals surface area contributed by atoms with E-state index in [9.17, 15) is 4.79 Å². The first-order chi connectivity index (χ1) is 9.06. The molecule has 104 valence electrons. The molecule has 0 aromatic heterocycles. The van der Waals surface area contributed by atoms with E-state index >= 15 is 0 Å². The highest BCUT2D eigenvalue weighted by atomic mass is 35.5. The standard InChI is InChI=1S/C15H21ClN2O/c1-10-3-2-4-12(7-5-10)18-15(19)13-9-11(16)6-8-14(13)17/h6,8-10,12H,2-5,7,17H2,1H3,(H,18,19). The van der Waals surface area contributed by atoms with Crippen LogP contribution in [-0.2, 0) is 0 Å². The molecule has 2 rings (SSSR count). The Kier molecular flexibility index (Phi) is 4.70. The lowest BCUT2D eigenvalue weighted by Gasteiger charge is -2.17. The molecule has 0 bridgehead atoms. The zero-order chi connectivity index (χ0) is 13.8. The van der Waals surface area contributed by atoms with Gasteiger partial charge in [-0.05, 0) is 43.4 Å². The van der Waals surface area contributed by atoms with E-state index < -0.39 is 0 Å². The summed E-state index contributed by atoms with van der Waals surface area (Å²) < 4.78 is 0. The van der Waals surface area contributed by atoms with Crippen molar-refractivity contribution < 1.29 is 4.79 Å². The Labute approximate surface area is 119 Å². The molecule has 1 aliphatic rings. The van der Waals surface area contributed by atoms with Crippen LogP contribution in [0, 0.1) is 5.92 Å². The number of carbonyl (C=O) groups is 1. The quantitative estimate of drug-likeness (QED) is 0.642. The fourth-order valence-corrected chi connectivity index (χ4v) is 2.79. The maximum absolute atomic E-state index is 12.2. The van der Waals surface area contributed by atoms with Crippen molar-refractivity contribution in [3.05, 3.63) is 28.8 Å². The van der Waals surface area contributed by atoms with E-state index in [1.165, 1.54) is 19.3 Å². The van der Waals surface area contributed by atoms with E-state index in [1.54, 1.807) is 18.2 Å². The zero-order valence-corrected chi connectivity index (χ0v) is 12.0. The molecule has 1 fully saturated rings. The number of anilines is 1. The first kappa shape index (κ1) is 14.2. The fraction of sp³-hybridized carbons (Fsp3) is 0.533. The number of nitrogen functional groups attached to an aromatic ring is 1. The molecule has 2 atom stereocenters. The van der Waals surface area contributed by atoms with Crippen LogP contribution in [0.1, 0.15) is 49.4 Å². The fourth-order valence-electron chi connectivity index (χ4n) is 2.62. The van der Waals surface area contributed by atoms with Crippen molar-refractivity contribution in [2.45, 2.75) is 45.1 Å². The lowest BCUT2D eigenvalue weighted by molar-refractivity contribution is 0.0934. The Balaban J connectivity index is 2.02. The number of benzene rings is 1. The molecule has 0 spiro atoms. The summed E-state index contributed by atoms with van der Waals surface area (Å²) in [5, 5.41) is 3.62. The minimum absolute atomic E-state index is 0.112. The topological polar surface area (TPSA) is 55.1 Å². The van der Waals surface area contributed by atoms with Crippen LogP contribution >= 0.6 is 11.6 Å². The number of nitrogens with one attached hydrogen (secondary N) is 1. The molecular weight excluding hydrogens is 260 g/mol. The summed E-state index contributed by atoms with van der Waals surface area (Å²) in [4.78, 5) is 12.2. The maximum atomic E-state index is 12.2. The second kappa shape index (κ2) is 6.29. The third-order valence-corrected chi connectivity index (χ3v) is 4.09. The Hall–Kier alpha value is -1.22. The van der Waals surface area contributed by atoms with Crippen LogP contribution in [0.3, 0.4) is 0 Å². The first-order valence-corrected chi connectivity index (χ1v) is 7.30. The first-order valence-electron chi connectivity index (χ1n) is 6.92. The smallest absolute Gasteiger partial charge is 0.253 e. The largest absolute Gasteiger partial charge is 0.398 e. The molecule has 4 heteroatoms. The van der Waals surface area contributed by atoms with Gasteiger partial charge in [0.1, 0.15) is 0 Å². The minimum atomic E-state index is -0.112. The van der Waals surface area contributed by atoms with E-state index in [-0.39, 0.29) is 11.9 Å². The predicted octanol–water partition coefficient (Wildman–Crippen LogP) is 3.62. The molecule has 1 aliphatic carbocycles. The van der Waals surface area contributed by atoms with E-state index in [4.69, 9.17) is 17.3 Å². The summed E-state index contributed by atoms with van der Waals surface area (Å²) in [6, 6.07) is 5.26. The van der Waals surface area contributed by atoms with Crippen molar-refractivity contribution in [3.63, 3.8) is 0 Å². The van der Waals surface area contributed by atoms with Gasteiger partial charge in [-0.25, -0.2) is 0 Å². The number of carbonyl (C=O) groups excluding carboxylic acids is 1. The van der Waals surface area contributed by atoms with Crippen LogP contribution in [-0.4, -0.2) is 11.9 Å². The van der Waals surface area contributed by atoms with Crippen LogP contribution in [0.2, 0.25) is 5.02 Å². The Bertz CT molecular complexity index is 461. The van der Waals surface area contributed by atoms with Crippen molar-refractivity contribution in [2.75, 3.05) is 5.73 Å². The van der Waals surface area contributed by atoms with Gasteiger partial charge in [0.25, 0.3) is 5.91 Å². The number of hydrogen-bond donors (Lipinski definition) is 2. The lowest BCUT2D eigenvalue weighted by atomic mass is 10.0. The summed E-state index contributed by atoms with van der Waals surface area (Å²) in [5.41, 5.74) is 6.78. The predicted molar refractivity (Wildman–Crippen MR) is 79.4 cm³/mol. The maximum Gasteiger partial charge on any atom is 0.253 e. The molecule has 19 heavy (non-hydrogen) atoms. The van der Waals surface area contributed by atoms with Crippen LogP contribution in [0.25, 0.3) is 0 Å². The number of nitrogens with two attached hydrogens (primary N) is 1. The van der Waals surface area contributed by atoms with Gasteiger partial charge >= 0.3 is 0 Å². The summed E-state index contributed by atoms with van der Waals surface area (Å²) in [5.74, 6) is 0.651. The van der Waals surface area contributed by atoms with Crippen molar-refractivity contribution in [2.24, 2.45) is 5.92 Å². The SMILES string of the molecule is CC1CCCC(NC(=O)c2cc(Cl)ccc2N)CC1. The molecule has 1 saturated carbocycles. The molecule has 1 amide bonds. The molecule has 1 aromatic rings. The van der Waals surface area contributed by atoms with Gasteiger partial charge in [-0.1, -0.05) is 31.4 Å². The van der Waals surface area contributed by atoms with Crippen LogP contribution in [0.15, 0.2) is 18.2 Å². The second-order valence-corrected chi connectivity index (χ2v) is 5.95. The van der Waals surface area contributed by atoms with E-state index in [0.717, 1.165) is 18.8 Å². The summed E-state index contributed by atoms with van der Waals surface area (Å²) in [6.07, 6.45) is 5.71. The van der Waals surface area contributed by atoms with Gasteiger partial charge in [0.2, 0.25) is 0 Å². The lowest BCUT2D eigenvalue weighted by Crippen LogP contribution is -2.34. The second-order valence-electron chi connectivity index (χ2n) is 5.52. The van der Waals surface area contributed by atoms with Crippen LogP contribution in [0.4, 0.5) is 5.69 Å². The van der Waals surface area contributed by atoms with Crippen molar-refractivity contribution >= 4 is 23.2 Å². The molecule has 0 saturated heterocycles. The van der Waals surface area contributed by atoms with E-state index in [2.05, 4.69) is 12.2 Å². The average Bonchev–Trinajstić information content (AvgIpc) is 2.57. The van der Waals surface area contributed by atoms with Gasteiger partial charge in [0.05, 0.1) is 5.56 Å². The van der Waals surface area contributed by atoms with Gasteiger partial charge in [-0.3, -0.25) is 4.79 Å². The third kappa shape index (κ3) is 3.87. The molecule has 0 heterocycles. The minimum Gasteiger partial charge on any atom is -0.398 e. The summed E-state index contributed by atoms with van der Waals surface area (Å²) >= 11 is 5.91. The Morgan fingerprint density at radius 2 is 2.11 bits per heavy atom. The number of hydrogen-bond acceptors (Lipinski definition) is 2. The number of halogens is 1. The summed E-state index contributed by atoms with van der Waals surface area (Å²) in [6.45, 7) is 2.28. The molecule has 3 nitrogen and oxygen atoms in total. The van der Waals surface area contributed by atoms with Crippen LogP contribution < -0.4 is 11.1 Å². The number of amides is 1. The Morgan fingerprint density at radius 1 is 1.32 bits per heavy atom. The van der Waals surface area contributed by atoms with Crippen molar-refractivity contribution in [1.82, 2.24) is 5.32 Å². The van der Waals surface area contributed by atoms with Crippen molar-refractivity contribution in [1.29, 1.82) is 0 Å². The highest BCUT2D eigenvalue weighted by Gasteiger charge is 2.19. The van der Waals surface area contributed by atoms with Gasteiger partial charge in [0.15, 0.2) is 0 Å². The zero-order valence-electron chi connectivity index (χ0n) is 11.3. The molecule has 0 aliphatic heterocycles.